The van der Waals surface area contributed by atoms with E-state index < -0.39 is 5.91 Å². The van der Waals surface area contributed by atoms with Gasteiger partial charge in [0.25, 0.3) is 11.5 Å². The Bertz CT molecular complexity index is 1090. The number of carbonyl (C=O) groups excluding carboxylic acids is 1. The Hall–Kier alpha value is -3.13. The molecule has 8 heteroatoms. The summed E-state index contributed by atoms with van der Waals surface area (Å²) < 4.78 is 7.81. The smallest absolute Gasteiger partial charge is 0.280 e. The van der Waals surface area contributed by atoms with E-state index in [1.807, 2.05) is 56.3 Å². The van der Waals surface area contributed by atoms with Crippen molar-refractivity contribution in [2.75, 3.05) is 6.61 Å². The lowest BCUT2D eigenvalue weighted by atomic mass is 10.1. The molecule has 0 atom stereocenters. The first-order valence-electron chi connectivity index (χ1n) is 8.95. The number of hydrazone groups is 1. The van der Waals surface area contributed by atoms with Crippen LogP contribution < -0.4 is 15.7 Å². The van der Waals surface area contributed by atoms with E-state index in [0.29, 0.717) is 17.0 Å². The fourth-order valence-corrected chi connectivity index (χ4v) is 3.68. The molecule has 0 unspecified atom stereocenters. The maximum atomic E-state index is 12.6. The second kappa shape index (κ2) is 8.91. The molecule has 0 aliphatic carbocycles. The van der Waals surface area contributed by atoms with Crippen LogP contribution in [0, 0.1) is 20.8 Å². The van der Waals surface area contributed by atoms with Crippen molar-refractivity contribution in [2.24, 2.45) is 5.10 Å². The highest BCUT2D eigenvalue weighted by Crippen LogP contribution is 2.30. The monoisotopic (exact) mass is 456 g/mol. The number of hydrogen-bond acceptors (Lipinski definition) is 4. The van der Waals surface area contributed by atoms with Gasteiger partial charge in [0, 0.05) is 5.69 Å². The lowest BCUT2D eigenvalue weighted by Crippen LogP contribution is -2.25. The SMILES string of the molecule is Cc1cc(C)c(OCC(=O)N/N=C/c2c(C)[nH]n(-c3ccccc3)c2=O)c(Br)c1. The molecule has 0 aliphatic heterocycles. The van der Waals surface area contributed by atoms with Crippen molar-refractivity contribution in [1.82, 2.24) is 15.2 Å². The van der Waals surface area contributed by atoms with Crippen molar-refractivity contribution in [3.63, 3.8) is 0 Å². The van der Waals surface area contributed by atoms with Crippen LogP contribution in [0.3, 0.4) is 0 Å². The van der Waals surface area contributed by atoms with Crippen LogP contribution in [-0.4, -0.2) is 28.5 Å². The van der Waals surface area contributed by atoms with E-state index in [2.05, 4.69) is 31.6 Å². The first kappa shape index (κ1) is 20.6. The molecule has 2 N–H and O–H groups in total. The van der Waals surface area contributed by atoms with Gasteiger partial charge in [-0.1, -0.05) is 24.3 Å². The van der Waals surface area contributed by atoms with Crippen LogP contribution >= 0.6 is 15.9 Å². The average molecular weight is 457 g/mol. The van der Waals surface area contributed by atoms with Gasteiger partial charge in [-0.15, -0.1) is 0 Å². The van der Waals surface area contributed by atoms with Gasteiger partial charge in [0.1, 0.15) is 5.75 Å². The lowest BCUT2D eigenvalue weighted by molar-refractivity contribution is -0.123. The summed E-state index contributed by atoms with van der Waals surface area (Å²) in [5.41, 5.74) is 5.89. The number of aryl methyl sites for hydroxylation is 3. The number of benzene rings is 2. The number of halogens is 1. The molecule has 0 aliphatic rings. The summed E-state index contributed by atoms with van der Waals surface area (Å²) in [5.74, 6) is 0.187. The first-order valence-corrected chi connectivity index (χ1v) is 9.74. The first-order chi connectivity index (χ1) is 13.9. The maximum absolute atomic E-state index is 12.6. The maximum Gasteiger partial charge on any atom is 0.280 e. The molecular formula is C21H21BrN4O3. The molecule has 3 aromatic rings. The highest BCUT2D eigenvalue weighted by molar-refractivity contribution is 9.10. The van der Waals surface area contributed by atoms with E-state index in [1.165, 1.54) is 10.9 Å². The van der Waals surface area contributed by atoms with Crippen molar-refractivity contribution in [1.29, 1.82) is 0 Å². The van der Waals surface area contributed by atoms with Crippen molar-refractivity contribution >= 4 is 28.1 Å². The zero-order chi connectivity index (χ0) is 21.0. The van der Waals surface area contributed by atoms with E-state index in [-0.39, 0.29) is 12.2 Å². The lowest BCUT2D eigenvalue weighted by Gasteiger charge is -2.11. The number of hydrogen-bond donors (Lipinski definition) is 2. The van der Waals surface area contributed by atoms with Crippen LogP contribution in [0.2, 0.25) is 0 Å². The minimum atomic E-state index is -0.426. The predicted octanol–water partition coefficient (Wildman–Crippen LogP) is 3.38. The summed E-state index contributed by atoms with van der Waals surface area (Å²) in [5, 5.41) is 6.89. The Morgan fingerprint density at radius 1 is 1.24 bits per heavy atom. The highest BCUT2D eigenvalue weighted by Gasteiger charge is 2.11. The Morgan fingerprint density at radius 2 is 1.97 bits per heavy atom. The van der Waals surface area contributed by atoms with Crippen molar-refractivity contribution in [3.8, 4) is 11.4 Å². The van der Waals surface area contributed by atoms with Crippen LogP contribution in [0.1, 0.15) is 22.4 Å². The Kier molecular flexibility index (Phi) is 6.33. The molecule has 1 amide bonds. The van der Waals surface area contributed by atoms with Crippen LogP contribution in [0.15, 0.2) is 56.8 Å². The van der Waals surface area contributed by atoms with Crippen LogP contribution in [-0.2, 0) is 4.79 Å². The summed E-state index contributed by atoms with van der Waals surface area (Å²) in [7, 11) is 0. The molecule has 7 nitrogen and oxygen atoms in total. The van der Waals surface area contributed by atoms with Gasteiger partial charge >= 0.3 is 0 Å². The summed E-state index contributed by atoms with van der Waals surface area (Å²) in [4.78, 5) is 24.6. The average Bonchev–Trinajstić information content (AvgIpc) is 2.96. The number of ether oxygens (including phenoxy) is 1. The Labute approximate surface area is 176 Å². The minimum absolute atomic E-state index is 0.194. The van der Waals surface area contributed by atoms with E-state index in [0.717, 1.165) is 21.3 Å². The van der Waals surface area contributed by atoms with Gasteiger partial charge in [-0.3, -0.25) is 14.7 Å². The van der Waals surface area contributed by atoms with Crippen LogP contribution in [0.4, 0.5) is 0 Å². The third-order valence-corrected chi connectivity index (χ3v) is 4.82. The minimum Gasteiger partial charge on any atom is -0.482 e. The molecule has 1 heterocycles. The van der Waals surface area contributed by atoms with Crippen LogP contribution in [0.25, 0.3) is 5.69 Å². The van der Waals surface area contributed by atoms with Crippen molar-refractivity contribution in [2.45, 2.75) is 20.8 Å². The molecule has 0 saturated heterocycles. The molecule has 3 rings (SSSR count). The normalized spacial score (nSPS) is 11.0. The molecule has 2 aromatic carbocycles. The van der Waals surface area contributed by atoms with Gasteiger partial charge in [0.2, 0.25) is 0 Å². The van der Waals surface area contributed by atoms with E-state index >= 15 is 0 Å². The summed E-state index contributed by atoms with van der Waals surface area (Å²) in [6.07, 6.45) is 1.33. The van der Waals surface area contributed by atoms with Gasteiger partial charge in [-0.05, 0) is 66.0 Å². The van der Waals surface area contributed by atoms with Crippen molar-refractivity contribution in [3.05, 3.63) is 79.7 Å². The molecule has 29 heavy (non-hydrogen) atoms. The van der Waals surface area contributed by atoms with E-state index in [1.54, 1.807) is 6.92 Å². The van der Waals surface area contributed by atoms with Gasteiger partial charge in [-0.25, -0.2) is 10.1 Å². The van der Waals surface area contributed by atoms with Gasteiger partial charge < -0.3 is 4.74 Å². The zero-order valence-corrected chi connectivity index (χ0v) is 17.9. The Balaban J connectivity index is 1.64. The predicted molar refractivity (Wildman–Crippen MR) is 116 cm³/mol. The summed E-state index contributed by atoms with van der Waals surface area (Å²) in [6, 6.07) is 13.1. The molecule has 0 radical (unpaired) electrons. The second-order valence-corrected chi connectivity index (χ2v) is 7.46. The quantitative estimate of drug-likeness (QED) is 0.440. The molecular weight excluding hydrogens is 436 g/mol. The number of nitrogens with one attached hydrogen (secondary N) is 2. The zero-order valence-electron chi connectivity index (χ0n) is 16.3. The summed E-state index contributed by atoms with van der Waals surface area (Å²) >= 11 is 3.44. The molecule has 0 bridgehead atoms. The molecule has 0 fully saturated rings. The van der Waals surface area contributed by atoms with Gasteiger partial charge in [0.15, 0.2) is 6.61 Å². The van der Waals surface area contributed by atoms with Crippen LogP contribution in [0.5, 0.6) is 5.75 Å². The van der Waals surface area contributed by atoms with E-state index in [4.69, 9.17) is 4.74 Å². The number of carbonyl (C=O) groups is 1. The molecule has 1 aromatic heterocycles. The Morgan fingerprint density at radius 3 is 2.66 bits per heavy atom. The number of H-pyrrole nitrogens is 1. The number of para-hydroxylation sites is 1. The molecule has 150 valence electrons. The van der Waals surface area contributed by atoms with Gasteiger partial charge in [-0.2, -0.15) is 5.10 Å². The number of rotatable bonds is 6. The third-order valence-electron chi connectivity index (χ3n) is 4.24. The van der Waals surface area contributed by atoms with E-state index in [9.17, 15) is 9.59 Å². The third kappa shape index (κ3) is 4.83. The number of aromatic amines is 1. The summed E-state index contributed by atoms with van der Waals surface area (Å²) in [6.45, 7) is 5.47. The topological polar surface area (TPSA) is 88.5 Å². The second-order valence-electron chi connectivity index (χ2n) is 6.60. The van der Waals surface area contributed by atoms with Crippen molar-refractivity contribution < 1.29 is 9.53 Å². The highest BCUT2D eigenvalue weighted by atomic mass is 79.9. The standard InChI is InChI=1S/C21H21BrN4O3/c1-13-9-14(2)20(18(22)10-13)29-12-19(27)24-23-11-17-15(3)25-26(21(17)28)16-7-5-4-6-8-16/h4-11,25H,12H2,1-3H3,(H,24,27)/b23-11+. The number of nitrogens with zero attached hydrogens (tertiary/aromatic N) is 2. The molecule has 0 spiro atoms. The number of aromatic nitrogens is 2. The fourth-order valence-electron chi connectivity index (χ4n) is 2.89. The largest absolute Gasteiger partial charge is 0.482 e. The number of amides is 1. The fraction of sp³-hybridized carbons (Fsp3) is 0.190. The molecule has 0 saturated carbocycles. The van der Waals surface area contributed by atoms with Gasteiger partial charge in [0.05, 0.1) is 21.9 Å².